The average molecular weight is 213 g/mol. The third-order valence-electron chi connectivity index (χ3n) is 1.91. The number of benzene rings is 1. The molecule has 1 aliphatic heterocycles. The minimum Gasteiger partial charge on any atom is -0.278 e. The minimum absolute atomic E-state index is 1.05. The van der Waals surface area contributed by atoms with Crippen molar-refractivity contribution in [2.75, 3.05) is 5.43 Å². The van der Waals surface area contributed by atoms with E-state index in [2.05, 4.69) is 25.9 Å². The molecule has 0 aliphatic carbocycles. The van der Waals surface area contributed by atoms with Gasteiger partial charge < -0.3 is 0 Å². The van der Waals surface area contributed by atoms with Gasteiger partial charge in [0.2, 0.25) is 0 Å². The zero-order chi connectivity index (χ0) is 11.1. The van der Waals surface area contributed by atoms with Gasteiger partial charge in [-0.3, -0.25) is 10.5 Å². The van der Waals surface area contributed by atoms with E-state index in [4.69, 9.17) is 0 Å². The van der Waals surface area contributed by atoms with Crippen LogP contribution in [0.2, 0.25) is 0 Å². The highest BCUT2D eigenvalue weighted by Gasteiger charge is 1.96. The highest BCUT2D eigenvalue weighted by Crippen LogP contribution is 2.17. The molecule has 2 aromatic rings. The Labute approximate surface area is 92.9 Å². The molecule has 0 saturated carbocycles. The molecule has 16 heavy (non-hydrogen) atoms. The van der Waals surface area contributed by atoms with E-state index in [1.54, 1.807) is 18.6 Å². The molecular formula is C11H11N5. The topological polar surface area (TPSA) is 66.0 Å². The van der Waals surface area contributed by atoms with Gasteiger partial charge in [-0.15, -0.1) is 5.10 Å². The maximum Gasteiger partial charge on any atom is 0.0690 e. The molecule has 80 valence electrons. The molecule has 1 aliphatic rings. The fraction of sp³-hybridized carbons (Fsp3) is 0. The van der Waals surface area contributed by atoms with Crippen molar-refractivity contribution in [1.82, 2.24) is 15.4 Å². The molecule has 0 spiro atoms. The van der Waals surface area contributed by atoms with Crippen molar-refractivity contribution >= 4 is 18.0 Å². The van der Waals surface area contributed by atoms with Gasteiger partial charge in [-0.25, -0.2) is 0 Å². The van der Waals surface area contributed by atoms with Crippen molar-refractivity contribution in [2.45, 2.75) is 0 Å². The Morgan fingerprint density at radius 3 is 2.81 bits per heavy atom. The van der Waals surface area contributed by atoms with E-state index in [0.29, 0.717) is 0 Å². The lowest BCUT2D eigenvalue weighted by Crippen LogP contribution is -1.87. The largest absolute Gasteiger partial charge is 0.278 e. The fourth-order valence-corrected chi connectivity index (χ4v) is 1.21. The van der Waals surface area contributed by atoms with Gasteiger partial charge >= 0.3 is 0 Å². The van der Waals surface area contributed by atoms with Crippen LogP contribution in [-0.2, 0) is 0 Å². The van der Waals surface area contributed by atoms with Crippen molar-refractivity contribution in [3.05, 3.63) is 48.3 Å². The third-order valence-corrected chi connectivity index (χ3v) is 1.91. The fourth-order valence-electron chi connectivity index (χ4n) is 1.21. The third kappa shape index (κ3) is 2.78. The number of rotatable bonds is 0. The summed E-state index contributed by atoms with van der Waals surface area (Å²) in [6.45, 7) is 0. The molecule has 0 bridgehead atoms. The summed E-state index contributed by atoms with van der Waals surface area (Å²) >= 11 is 0. The molecular weight excluding hydrogens is 202 g/mol. The van der Waals surface area contributed by atoms with Gasteiger partial charge in [0, 0.05) is 12.4 Å². The second-order valence-corrected chi connectivity index (χ2v) is 3.00. The molecule has 3 rings (SSSR count). The van der Waals surface area contributed by atoms with Gasteiger partial charge in [0.05, 0.1) is 11.9 Å². The summed E-state index contributed by atoms with van der Waals surface area (Å²) in [6.07, 6.45) is 8.91. The Hall–Kier alpha value is -2.43. The summed E-state index contributed by atoms with van der Waals surface area (Å²) < 4.78 is 0. The van der Waals surface area contributed by atoms with E-state index in [9.17, 15) is 0 Å². The summed E-state index contributed by atoms with van der Waals surface area (Å²) in [7, 11) is 0. The first-order valence-electron chi connectivity index (χ1n) is 4.82. The van der Waals surface area contributed by atoms with Crippen molar-refractivity contribution in [3.8, 4) is 0 Å². The highest BCUT2D eigenvalue weighted by molar-refractivity contribution is 5.83. The Balaban J connectivity index is 0.000000162. The number of hydrazone groups is 1. The molecule has 0 radical (unpaired) electrons. The highest BCUT2D eigenvalue weighted by atomic mass is 15.3. The van der Waals surface area contributed by atoms with Crippen LogP contribution in [0.4, 0.5) is 5.69 Å². The van der Waals surface area contributed by atoms with Crippen molar-refractivity contribution in [2.24, 2.45) is 5.10 Å². The van der Waals surface area contributed by atoms with Crippen LogP contribution in [0, 0.1) is 0 Å². The minimum atomic E-state index is 1.05. The molecule has 0 unspecified atom stereocenters. The Morgan fingerprint density at radius 1 is 1.12 bits per heavy atom. The first kappa shape index (κ1) is 10.1. The van der Waals surface area contributed by atoms with E-state index < -0.39 is 0 Å². The molecule has 0 fully saturated rings. The summed E-state index contributed by atoms with van der Waals surface area (Å²) in [5, 5.41) is 13.2. The van der Waals surface area contributed by atoms with Crippen LogP contribution >= 0.6 is 0 Å². The summed E-state index contributed by atoms with van der Waals surface area (Å²) in [6, 6.07) is 8.05. The molecule has 2 heterocycles. The lowest BCUT2D eigenvalue weighted by Gasteiger charge is -2.00. The van der Waals surface area contributed by atoms with Crippen LogP contribution in [0.3, 0.4) is 0 Å². The number of hydrogen-bond donors (Lipinski definition) is 2. The monoisotopic (exact) mass is 213 g/mol. The quantitative estimate of drug-likeness (QED) is 0.702. The molecule has 5 heteroatoms. The van der Waals surface area contributed by atoms with E-state index in [-0.39, 0.29) is 0 Å². The van der Waals surface area contributed by atoms with E-state index >= 15 is 0 Å². The number of aromatic amines is 1. The number of aromatic nitrogens is 3. The summed E-state index contributed by atoms with van der Waals surface area (Å²) in [5.74, 6) is 0. The van der Waals surface area contributed by atoms with Gasteiger partial charge in [0.15, 0.2) is 0 Å². The molecule has 0 saturated heterocycles. The number of allylic oxidation sites excluding steroid dienone is 1. The number of nitrogens with zero attached hydrogens (tertiary/aromatic N) is 3. The van der Waals surface area contributed by atoms with Crippen molar-refractivity contribution < 1.29 is 0 Å². The maximum absolute atomic E-state index is 3.95. The zero-order valence-electron chi connectivity index (χ0n) is 8.54. The molecule has 1 aromatic carbocycles. The average Bonchev–Trinajstić information content (AvgIpc) is 2.81. The molecule has 1 aromatic heterocycles. The first-order chi connectivity index (χ1) is 7.97. The maximum atomic E-state index is 3.95. The van der Waals surface area contributed by atoms with Crippen LogP contribution in [0.25, 0.3) is 6.08 Å². The van der Waals surface area contributed by atoms with Gasteiger partial charge in [-0.05, 0) is 17.7 Å². The van der Waals surface area contributed by atoms with Gasteiger partial charge in [-0.2, -0.15) is 5.10 Å². The number of H-pyrrole nitrogens is 1. The second kappa shape index (κ2) is 5.45. The van der Waals surface area contributed by atoms with E-state index in [1.807, 2.05) is 36.4 Å². The lowest BCUT2D eigenvalue weighted by molar-refractivity contribution is 0.940. The predicted octanol–water partition coefficient (Wildman–Crippen LogP) is 1.92. The zero-order valence-corrected chi connectivity index (χ0v) is 8.54. The molecule has 0 amide bonds. The smallest absolute Gasteiger partial charge is 0.0690 e. The van der Waals surface area contributed by atoms with Crippen LogP contribution in [-0.4, -0.2) is 21.6 Å². The van der Waals surface area contributed by atoms with Gasteiger partial charge in [-0.1, -0.05) is 29.5 Å². The molecule has 2 N–H and O–H groups in total. The SMILES string of the molecule is C1=Cc2ccccc2NN=C1.c1c[nH]nn1. The number of anilines is 1. The molecule has 5 nitrogen and oxygen atoms in total. The summed E-state index contributed by atoms with van der Waals surface area (Å²) in [5.41, 5.74) is 5.16. The van der Waals surface area contributed by atoms with E-state index in [0.717, 1.165) is 5.69 Å². The first-order valence-corrected chi connectivity index (χ1v) is 4.82. The normalized spacial score (nSPS) is 11.8. The van der Waals surface area contributed by atoms with E-state index in [1.165, 1.54) is 5.56 Å². The van der Waals surface area contributed by atoms with Crippen LogP contribution in [0.1, 0.15) is 5.56 Å². The lowest BCUT2D eigenvalue weighted by atomic mass is 10.2. The van der Waals surface area contributed by atoms with Crippen LogP contribution in [0.15, 0.2) is 47.8 Å². The Bertz CT molecular complexity index is 456. The summed E-state index contributed by atoms with van der Waals surface area (Å²) in [4.78, 5) is 0. The Kier molecular flexibility index (Phi) is 3.44. The van der Waals surface area contributed by atoms with Gasteiger partial charge in [0.25, 0.3) is 0 Å². The number of hydrogen-bond acceptors (Lipinski definition) is 4. The van der Waals surface area contributed by atoms with Crippen LogP contribution in [0.5, 0.6) is 0 Å². The van der Waals surface area contributed by atoms with Crippen molar-refractivity contribution in [3.63, 3.8) is 0 Å². The number of para-hydroxylation sites is 1. The second-order valence-electron chi connectivity index (χ2n) is 3.00. The standard InChI is InChI=1S/C9H8N2.C2H3N3/c1-2-6-9-8(4-1)5-3-7-10-11-9;1-2-4-5-3-1/h1-7,11H;1-2H,(H,3,4,5). The van der Waals surface area contributed by atoms with Crippen LogP contribution < -0.4 is 5.43 Å². The Morgan fingerprint density at radius 2 is 2.06 bits per heavy atom. The van der Waals surface area contributed by atoms with Crippen molar-refractivity contribution in [1.29, 1.82) is 0 Å². The number of nitrogens with one attached hydrogen (secondary N) is 2. The number of fused-ring (bicyclic) bond motifs is 1. The molecule has 0 atom stereocenters. The van der Waals surface area contributed by atoms with Gasteiger partial charge in [0.1, 0.15) is 0 Å². The predicted molar refractivity (Wildman–Crippen MR) is 64.0 cm³/mol.